The number of aromatic amines is 1. The van der Waals surface area contributed by atoms with Crippen LogP contribution in [-0.4, -0.2) is 27.8 Å². The summed E-state index contributed by atoms with van der Waals surface area (Å²) in [7, 11) is 0. The van der Waals surface area contributed by atoms with E-state index in [2.05, 4.69) is 20.6 Å². The minimum absolute atomic E-state index is 0.243. The molecule has 6 heteroatoms. The van der Waals surface area contributed by atoms with Crippen molar-refractivity contribution in [3.05, 3.63) is 12.4 Å². The van der Waals surface area contributed by atoms with E-state index in [1.54, 1.807) is 13.1 Å². The Hall–Kier alpha value is -1.85. The van der Waals surface area contributed by atoms with Gasteiger partial charge in [-0.05, 0) is 6.92 Å². The number of hydrogen-bond acceptors (Lipinski definition) is 3. The predicted molar refractivity (Wildman–Crippen MR) is 50.5 cm³/mol. The molecule has 0 aliphatic heterocycles. The van der Waals surface area contributed by atoms with E-state index in [-0.39, 0.29) is 11.8 Å². The van der Waals surface area contributed by atoms with Crippen LogP contribution in [0.15, 0.2) is 12.4 Å². The van der Waals surface area contributed by atoms with Gasteiger partial charge in [0.2, 0.25) is 17.8 Å². The van der Waals surface area contributed by atoms with Gasteiger partial charge in [0.1, 0.15) is 6.04 Å². The van der Waals surface area contributed by atoms with E-state index >= 15 is 0 Å². The Morgan fingerprint density at radius 3 is 2.79 bits per heavy atom. The summed E-state index contributed by atoms with van der Waals surface area (Å²) in [4.78, 5) is 28.5. The molecule has 14 heavy (non-hydrogen) atoms. The Bertz CT molecular complexity index is 320. The van der Waals surface area contributed by atoms with Gasteiger partial charge in [-0.15, -0.1) is 0 Å². The summed E-state index contributed by atoms with van der Waals surface area (Å²) in [5.41, 5.74) is 0. The summed E-state index contributed by atoms with van der Waals surface area (Å²) >= 11 is 0. The number of imidazole rings is 1. The van der Waals surface area contributed by atoms with Gasteiger partial charge in [0.25, 0.3) is 0 Å². The highest BCUT2D eigenvalue weighted by Crippen LogP contribution is 1.96. The van der Waals surface area contributed by atoms with Crippen molar-refractivity contribution in [3.63, 3.8) is 0 Å². The van der Waals surface area contributed by atoms with Crippen molar-refractivity contribution >= 4 is 17.8 Å². The molecule has 2 amide bonds. The number of carbonyl (C=O) groups is 2. The monoisotopic (exact) mass is 196 g/mol. The molecular formula is C8H12N4O2. The Morgan fingerprint density at radius 1 is 1.57 bits per heavy atom. The SMILES string of the molecule is CC(=O)NC(C)C(=O)Nc1ncc[nH]1. The average molecular weight is 196 g/mol. The van der Waals surface area contributed by atoms with E-state index < -0.39 is 6.04 Å². The number of rotatable bonds is 3. The lowest BCUT2D eigenvalue weighted by Crippen LogP contribution is -2.40. The van der Waals surface area contributed by atoms with Gasteiger partial charge in [-0.2, -0.15) is 0 Å². The first-order valence-corrected chi connectivity index (χ1v) is 4.17. The quantitative estimate of drug-likeness (QED) is 0.629. The zero-order valence-electron chi connectivity index (χ0n) is 8.00. The summed E-state index contributed by atoms with van der Waals surface area (Å²) < 4.78 is 0. The standard InChI is InChI=1S/C8H12N4O2/c1-5(11-6(2)13)7(14)12-8-9-3-4-10-8/h3-5H,1-2H3,(H,11,13)(H2,9,10,12,14). The molecule has 0 bridgehead atoms. The lowest BCUT2D eigenvalue weighted by molar-refractivity contribution is -0.124. The van der Waals surface area contributed by atoms with Gasteiger partial charge < -0.3 is 10.3 Å². The molecule has 1 rings (SSSR count). The van der Waals surface area contributed by atoms with E-state index in [1.165, 1.54) is 13.1 Å². The van der Waals surface area contributed by atoms with Gasteiger partial charge in [-0.25, -0.2) is 4.98 Å². The molecule has 1 aromatic heterocycles. The molecule has 0 aliphatic carbocycles. The lowest BCUT2D eigenvalue weighted by Gasteiger charge is -2.10. The van der Waals surface area contributed by atoms with Crippen LogP contribution in [0.25, 0.3) is 0 Å². The number of nitrogens with one attached hydrogen (secondary N) is 3. The predicted octanol–water partition coefficient (Wildman–Crippen LogP) is -0.127. The molecule has 76 valence electrons. The van der Waals surface area contributed by atoms with Crippen molar-refractivity contribution in [1.82, 2.24) is 15.3 Å². The first-order valence-electron chi connectivity index (χ1n) is 4.17. The molecule has 1 heterocycles. The molecule has 1 atom stereocenters. The van der Waals surface area contributed by atoms with Gasteiger partial charge in [-0.3, -0.25) is 14.9 Å². The highest BCUT2D eigenvalue weighted by molar-refractivity contribution is 5.95. The fourth-order valence-corrected chi connectivity index (χ4v) is 0.929. The van der Waals surface area contributed by atoms with Gasteiger partial charge in [0, 0.05) is 19.3 Å². The summed E-state index contributed by atoms with van der Waals surface area (Å²) in [6.45, 7) is 2.95. The van der Waals surface area contributed by atoms with Crippen LogP contribution in [0.4, 0.5) is 5.95 Å². The lowest BCUT2D eigenvalue weighted by atomic mass is 10.3. The van der Waals surface area contributed by atoms with Gasteiger partial charge in [0.05, 0.1) is 0 Å². The first-order chi connectivity index (χ1) is 6.59. The van der Waals surface area contributed by atoms with Gasteiger partial charge in [-0.1, -0.05) is 0 Å². The molecule has 0 saturated carbocycles. The first kappa shape index (κ1) is 10.2. The molecule has 0 aliphatic rings. The topological polar surface area (TPSA) is 86.9 Å². The van der Waals surface area contributed by atoms with E-state index in [0.717, 1.165) is 0 Å². The Balaban J connectivity index is 2.46. The molecule has 6 nitrogen and oxygen atoms in total. The van der Waals surface area contributed by atoms with Gasteiger partial charge in [0.15, 0.2) is 0 Å². The molecule has 3 N–H and O–H groups in total. The summed E-state index contributed by atoms with van der Waals surface area (Å²) in [6, 6.07) is -0.572. The Labute approximate surface area is 81.1 Å². The second-order valence-electron chi connectivity index (χ2n) is 2.85. The fraction of sp³-hybridized carbons (Fsp3) is 0.375. The van der Waals surface area contributed by atoms with Crippen molar-refractivity contribution < 1.29 is 9.59 Å². The van der Waals surface area contributed by atoms with Crippen LogP contribution in [-0.2, 0) is 9.59 Å². The Morgan fingerprint density at radius 2 is 2.29 bits per heavy atom. The molecular weight excluding hydrogens is 184 g/mol. The van der Waals surface area contributed by atoms with Crippen molar-refractivity contribution in [2.75, 3.05) is 5.32 Å². The van der Waals surface area contributed by atoms with Crippen molar-refractivity contribution in [2.24, 2.45) is 0 Å². The van der Waals surface area contributed by atoms with Crippen LogP contribution in [0, 0.1) is 0 Å². The summed E-state index contributed by atoms with van der Waals surface area (Å²) in [5, 5.41) is 4.97. The van der Waals surface area contributed by atoms with Crippen LogP contribution < -0.4 is 10.6 Å². The number of amides is 2. The number of carbonyl (C=O) groups excluding carboxylic acids is 2. The minimum atomic E-state index is -0.572. The fourth-order valence-electron chi connectivity index (χ4n) is 0.929. The number of aromatic nitrogens is 2. The van der Waals surface area contributed by atoms with Crippen molar-refractivity contribution in [3.8, 4) is 0 Å². The third-order valence-electron chi connectivity index (χ3n) is 1.55. The third kappa shape index (κ3) is 2.89. The smallest absolute Gasteiger partial charge is 0.248 e. The molecule has 0 saturated heterocycles. The number of anilines is 1. The molecule has 0 radical (unpaired) electrons. The van der Waals surface area contributed by atoms with Crippen LogP contribution in [0.2, 0.25) is 0 Å². The average Bonchev–Trinajstić information content (AvgIpc) is 2.55. The molecule has 0 fully saturated rings. The largest absolute Gasteiger partial charge is 0.345 e. The highest BCUT2D eigenvalue weighted by Gasteiger charge is 2.13. The zero-order valence-corrected chi connectivity index (χ0v) is 8.00. The number of H-pyrrole nitrogens is 1. The second-order valence-corrected chi connectivity index (χ2v) is 2.85. The molecule has 1 aromatic rings. The third-order valence-corrected chi connectivity index (χ3v) is 1.55. The van der Waals surface area contributed by atoms with E-state index in [1.807, 2.05) is 0 Å². The second kappa shape index (κ2) is 4.40. The molecule has 0 aromatic carbocycles. The molecule has 1 unspecified atom stereocenters. The van der Waals surface area contributed by atoms with E-state index in [0.29, 0.717) is 5.95 Å². The van der Waals surface area contributed by atoms with E-state index in [9.17, 15) is 9.59 Å². The van der Waals surface area contributed by atoms with Crippen molar-refractivity contribution in [2.45, 2.75) is 19.9 Å². The van der Waals surface area contributed by atoms with Gasteiger partial charge >= 0.3 is 0 Å². The minimum Gasteiger partial charge on any atom is -0.345 e. The summed E-state index contributed by atoms with van der Waals surface area (Å²) in [5.74, 6) is -0.186. The maximum absolute atomic E-state index is 11.4. The highest BCUT2D eigenvalue weighted by atomic mass is 16.2. The number of hydrogen-bond donors (Lipinski definition) is 3. The zero-order chi connectivity index (χ0) is 10.6. The van der Waals surface area contributed by atoms with Crippen LogP contribution >= 0.6 is 0 Å². The summed E-state index contributed by atoms with van der Waals surface area (Å²) in [6.07, 6.45) is 3.12. The maximum atomic E-state index is 11.4. The van der Waals surface area contributed by atoms with Crippen molar-refractivity contribution in [1.29, 1.82) is 0 Å². The normalized spacial score (nSPS) is 11.9. The maximum Gasteiger partial charge on any atom is 0.248 e. The van der Waals surface area contributed by atoms with E-state index in [4.69, 9.17) is 0 Å². The van der Waals surface area contributed by atoms with Crippen LogP contribution in [0.3, 0.4) is 0 Å². The van der Waals surface area contributed by atoms with Crippen LogP contribution in [0.1, 0.15) is 13.8 Å². The number of nitrogens with zero attached hydrogens (tertiary/aromatic N) is 1. The Kier molecular flexibility index (Phi) is 3.22. The van der Waals surface area contributed by atoms with Crippen LogP contribution in [0.5, 0.6) is 0 Å². The molecule has 0 spiro atoms.